The van der Waals surface area contributed by atoms with Crippen LogP contribution in [0.5, 0.6) is 0 Å². The van der Waals surface area contributed by atoms with Crippen molar-refractivity contribution < 1.29 is 14.3 Å². The molecule has 2 heterocycles. The monoisotopic (exact) mass is 364 g/mol. The van der Waals surface area contributed by atoms with E-state index in [1.807, 2.05) is 26.0 Å². The van der Waals surface area contributed by atoms with Crippen molar-refractivity contribution in [1.82, 2.24) is 9.13 Å². The third kappa shape index (κ3) is 3.58. The SMILES string of the molecule is Cc1ccc(-n2c(C)cc(C(=O)COC(=O)c3cccn3C)c2C)cc1C. The third-order valence-electron chi connectivity index (χ3n) is 4.97. The molecule has 3 aromatic rings. The Morgan fingerprint density at radius 2 is 1.74 bits per heavy atom. The van der Waals surface area contributed by atoms with Crippen molar-refractivity contribution in [3.63, 3.8) is 0 Å². The first-order valence-electron chi connectivity index (χ1n) is 8.88. The number of ketones is 1. The highest BCUT2D eigenvalue weighted by Gasteiger charge is 2.19. The number of benzene rings is 1. The molecule has 0 amide bonds. The summed E-state index contributed by atoms with van der Waals surface area (Å²) in [6.45, 7) is 7.75. The molecule has 0 fully saturated rings. The van der Waals surface area contributed by atoms with E-state index in [9.17, 15) is 9.59 Å². The molecule has 2 aromatic heterocycles. The van der Waals surface area contributed by atoms with Crippen molar-refractivity contribution in [2.75, 3.05) is 6.61 Å². The van der Waals surface area contributed by atoms with Crippen molar-refractivity contribution in [3.8, 4) is 5.69 Å². The average molecular weight is 364 g/mol. The summed E-state index contributed by atoms with van der Waals surface area (Å²) in [6.07, 6.45) is 1.76. The van der Waals surface area contributed by atoms with Crippen molar-refractivity contribution in [3.05, 3.63) is 76.4 Å². The normalized spacial score (nSPS) is 10.9. The lowest BCUT2D eigenvalue weighted by Crippen LogP contribution is -2.16. The molecule has 0 N–H and O–H groups in total. The van der Waals surface area contributed by atoms with Crippen LogP contribution in [0.4, 0.5) is 0 Å². The number of aryl methyl sites for hydroxylation is 4. The zero-order chi connectivity index (χ0) is 19.7. The largest absolute Gasteiger partial charge is 0.453 e. The number of ether oxygens (including phenoxy) is 1. The van der Waals surface area contributed by atoms with Crippen molar-refractivity contribution in [2.24, 2.45) is 7.05 Å². The highest BCUT2D eigenvalue weighted by Crippen LogP contribution is 2.23. The number of hydrogen-bond acceptors (Lipinski definition) is 3. The summed E-state index contributed by atoms with van der Waals surface area (Å²) in [5.74, 6) is -0.709. The zero-order valence-electron chi connectivity index (χ0n) is 16.4. The number of Topliss-reactive ketones (excluding diaryl/α,β-unsaturated/α-hetero) is 1. The molecule has 0 atom stereocenters. The Labute approximate surface area is 159 Å². The minimum Gasteiger partial charge on any atom is -0.453 e. The first-order valence-corrected chi connectivity index (χ1v) is 8.88. The zero-order valence-corrected chi connectivity index (χ0v) is 16.4. The predicted molar refractivity (Wildman–Crippen MR) is 105 cm³/mol. The van der Waals surface area contributed by atoms with E-state index in [2.05, 4.69) is 30.5 Å². The van der Waals surface area contributed by atoms with E-state index < -0.39 is 5.97 Å². The number of hydrogen-bond donors (Lipinski definition) is 0. The maximum absolute atomic E-state index is 12.6. The molecule has 5 nitrogen and oxygen atoms in total. The van der Waals surface area contributed by atoms with Crippen LogP contribution in [-0.4, -0.2) is 27.5 Å². The summed E-state index contributed by atoms with van der Waals surface area (Å²) in [7, 11) is 1.76. The van der Waals surface area contributed by atoms with Crippen LogP contribution in [0.1, 0.15) is 43.4 Å². The lowest BCUT2D eigenvalue weighted by atomic mass is 10.1. The minimum atomic E-state index is -0.501. The molecule has 27 heavy (non-hydrogen) atoms. The second-order valence-corrected chi connectivity index (χ2v) is 6.89. The summed E-state index contributed by atoms with van der Waals surface area (Å²) in [5.41, 5.74) is 6.25. The van der Waals surface area contributed by atoms with Gasteiger partial charge in [0.15, 0.2) is 6.61 Å². The molecule has 3 rings (SSSR count). The van der Waals surface area contributed by atoms with E-state index >= 15 is 0 Å². The lowest BCUT2D eigenvalue weighted by Gasteiger charge is -2.12. The molecule has 0 bridgehead atoms. The van der Waals surface area contributed by atoms with E-state index in [1.165, 1.54) is 11.1 Å². The van der Waals surface area contributed by atoms with Gasteiger partial charge in [0.2, 0.25) is 5.78 Å². The standard InChI is InChI=1S/C22H24N2O3/c1-14-8-9-18(11-15(14)2)24-16(3)12-19(17(24)4)21(25)13-27-22(26)20-7-6-10-23(20)5/h6-12H,13H2,1-5H3. The van der Waals surface area contributed by atoms with Gasteiger partial charge in [0, 0.05) is 35.9 Å². The second-order valence-electron chi connectivity index (χ2n) is 6.89. The van der Waals surface area contributed by atoms with Gasteiger partial charge in [-0.15, -0.1) is 0 Å². The quantitative estimate of drug-likeness (QED) is 0.506. The molecule has 0 saturated heterocycles. The highest BCUT2D eigenvalue weighted by atomic mass is 16.5. The summed E-state index contributed by atoms with van der Waals surface area (Å²) in [4.78, 5) is 24.8. The van der Waals surface area contributed by atoms with E-state index in [4.69, 9.17) is 4.74 Å². The van der Waals surface area contributed by atoms with Gasteiger partial charge in [-0.25, -0.2) is 4.79 Å². The Kier molecular flexibility index (Phi) is 5.04. The summed E-state index contributed by atoms with van der Waals surface area (Å²) in [6, 6.07) is 11.5. The molecule has 0 unspecified atom stereocenters. The Bertz CT molecular complexity index is 1020. The van der Waals surface area contributed by atoms with Gasteiger partial charge < -0.3 is 13.9 Å². The number of nitrogens with zero attached hydrogens (tertiary/aromatic N) is 2. The van der Waals surface area contributed by atoms with Crippen LogP contribution in [0.2, 0.25) is 0 Å². The van der Waals surface area contributed by atoms with Gasteiger partial charge in [-0.1, -0.05) is 6.07 Å². The minimum absolute atomic E-state index is 0.208. The highest BCUT2D eigenvalue weighted by molar-refractivity contribution is 6.00. The Balaban J connectivity index is 1.81. The fourth-order valence-electron chi connectivity index (χ4n) is 3.26. The smallest absolute Gasteiger partial charge is 0.355 e. The van der Waals surface area contributed by atoms with Crippen LogP contribution in [0.15, 0.2) is 42.6 Å². The van der Waals surface area contributed by atoms with Gasteiger partial charge in [-0.2, -0.15) is 0 Å². The van der Waals surface area contributed by atoms with Crippen molar-refractivity contribution in [2.45, 2.75) is 27.7 Å². The van der Waals surface area contributed by atoms with Gasteiger partial charge >= 0.3 is 5.97 Å². The number of aromatic nitrogens is 2. The van der Waals surface area contributed by atoms with Gasteiger partial charge in [0.05, 0.1) is 0 Å². The lowest BCUT2D eigenvalue weighted by molar-refractivity contribution is 0.0465. The van der Waals surface area contributed by atoms with E-state index in [0.717, 1.165) is 17.1 Å². The number of carbonyl (C=O) groups excluding carboxylic acids is 2. The van der Waals surface area contributed by atoms with Gasteiger partial charge in [-0.3, -0.25) is 4.79 Å². The molecule has 0 aliphatic carbocycles. The van der Waals surface area contributed by atoms with Crippen LogP contribution in [0.3, 0.4) is 0 Å². The fourth-order valence-corrected chi connectivity index (χ4v) is 3.26. The summed E-state index contributed by atoms with van der Waals surface area (Å²) in [5, 5.41) is 0. The Hall–Kier alpha value is -3.08. The molecule has 0 aliphatic rings. The number of esters is 1. The van der Waals surface area contributed by atoms with Crippen LogP contribution >= 0.6 is 0 Å². The van der Waals surface area contributed by atoms with E-state index in [-0.39, 0.29) is 12.4 Å². The molecule has 1 aromatic carbocycles. The molecule has 140 valence electrons. The number of carbonyl (C=O) groups is 2. The summed E-state index contributed by atoms with van der Waals surface area (Å²) < 4.78 is 8.93. The van der Waals surface area contributed by atoms with Gasteiger partial charge in [0.1, 0.15) is 5.69 Å². The molecule has 0 spiro atoms. The molecular formula is C22H24N2O3. The molecule has 5 heteroatoms. The first-order chi connectivity index (χ1) is 12.8. The van der Waals surface area contributed by atoms with E-state index in [0.29, 0.717) is 11.3 Å². The van der Waals surface area contributed by atoms with Gasteiger partial charge in [-0.05, 0) is 69.2 Å². The average Bonchev–Trinajstić information content (AvgIpc) is 3.18. The maximum atomic E-state index is 12.6. The predicted octanol–water partition coefficient (Wildman–Crippen LogP) is 4.09. The van der Waals surface area contributed by atoms with Crippen LogP contribution in [-0.2, 0) is 11.8 Å². The van der Waals surface area contributed by atoms with Crippen LogP contribution in [0.25, 0.3) is 5.69 Å². The topological polar surface area (TPSA) is 53.2 Å². The van der Waals surface area contributed by atoms with Crippen LogP contribution < -0.4 is 0 Å². The molecule has 0 radical (unpaired) electrons. The maximum Gasteiger partial charge on any atom is 0.355 e. The number of rotatable bonds is 5. The molecule has 0 saturated carbocycles. The van der Waals surface area contributed by atoms with Crippen LogP contribution in [0, 0.1) is 27.7 Å². The molecular weight excluding hydrogens is 340 g/mol. The molecule has 0 aliphatic heterocycles. The van der Waals surface area contributed by atoms with Crippen molar-refractivity contribution in [1.29, 1.82) is 0 Å². The Morgan fingerprint density at radius 1 is 1.00 bits per heavy atom. The third-order valence-corrected chi connectivity index (χ3v) is 4.97. The van der Waals surface area contributed by atoms with Gasteiger partial charge in [0.25, 0.3) is 0 Å². The Morgan fingerprint density at radius 3 is 2.37 bits per heavy atom. The first kappa shape index (κ1) is 18.7. The fraction of sp³-hybridized carbons (Fsp3) is 0.273. The van der Waals surface area contributed by atoms with E-state index in [1.54, 1.807) is 29.9 Å². The second kappa shape index (κ2) is 7.27. The van der Waals surface area contributed by atoms with Crippen molar-refractivity contribution >= 4 is 11.8 Å². The summed E-state index contributed by atoms with van der Waals surface area (Å²) >= 11 is 0.